The second-order valence-corrected chi connectivity index (χ2v) is 7.73. The minimum Gasteiger partial charge on any atom is -0.359 e. The second-order valence-electron chi connectivity index (χ2n) is 5.50. The summed E-state index contributed by atoms with van der Waals surface area (Å²) in [6.45, 7) is 6.75. The van der Waals surface area contributed by atoms with Crippen LogP contribution in [-0.2, 0) is 14.6 Å². The van der Waals surface area contributed by atoms with Gasteiger partial charge in [0.15, 0.2) is 9.84 Å². The highest BCUT2D eigenvalue weighted by molar-refractivity contribution is 7.91. The summed E-state index contributed by atoms with van der Waals surface area (Å²) >= 11 is 0. The maximum absolute atomic E-state index is 11.4. The van der Waals surface area contributed by atoms with Gasteiger partial charge in [0.25, 0.3) is 0 Å². The number of sulfone groups is 1. The Balaban J connectivity index is 2.13. The van der Waals surface area contributed by atoms with Gasteiger partial charge in [0.05, 0.1) is 18.1 Å². The fourth-order valence-electron chi connectivity index (χ4n) is 2.52. The van der Waals surface area contributed by atoms with Gasteiger partial charge in [-0.05, 0) is 27.2 Å². The fourth-order valence-corrected chi connectivity index (χ4v) is 4.43. The maximum Gasteiger partial charge on any atom is 0.150 e. The van der Waals surface area contributed by atoms with Gasteiger partial charge in [-0.15, -0.1) is 0 Å². The van der Waals surface area contributed by atoms with Crippen LogP contribution in [0.1, 0.15) is 27.2 Å². The zero-order valence-corrected chi connectivity index (χ0v) is 10.4. The van der Waals surface area contributed by atoms with Crippen LogP contribution in [0.4, 0.5) is 0 Å². The van der Waals surface area contributed by atoms with Gasteiger partial charge < -0.3 is 4.74 Å². The summed E-state index contributed by atoms with van der Waals surface area (Å²) < 4.78 is 28.6. The molecule has 0 saturated carbocycles. The van der Waals surface area contributed by atoms with Gasteiger partial charge in [0.1, 0.15) is 5.72 Å². The molecule has 1 N–H and O–H groups in total. The molecule has 0 aliphatic carbocycles. The Morgan fingerprint density at radius 2 is 2.00 bits per heavy atom. The third-order valence-corrected chi connectivity index (χ3v) is 5.10. The van der Waals surface area contributed by atoms with Crippen molar-refractivity contribution in [1.29, 1.82) is 0 Å². The normalized spacial score (nSPS) is 43.3. The van der Waals surface area contributed by atoms with Crippen LogP contribution in [0.15, 0.2) is 0 Å². The maximum atomic E-state index is 11.4. The van der Waals surface area contributed by atoms with E-state index in [9.17, 15) is 8.42 Å². The first-order valence-electron chi connectivity index (χ1n) is 5.36. The molecule has 2 rings (SSSR count). The molecule has 0 aromatic heterocycles. The number of rotatable bonds is 1. The zero-order chi connectivity index (χ0) is 11.3. The smallest absolute Gasteiger partial charge is 0.150 e. The molecule has 0 aromatic rings. The van der Waals surface area contributed by atoms with Gasteiger partial charge >= 0.3 is 0 Å². The molecule has 2 heterocycles. The highest BCUT2D eigenvalue weighted by Crippen LogP contribution is 2.35. The molecule has 2 aliphatic heterocycles. The van der Waals surface area contributed by atoms with E-state index < -0.39 is 15.6 Å². The van der Waals surface area contributed by atoms with Crippen molar-refractivity contribution >= 4 is 9.84 Å². The van der Waals surface area contributed by atoms with Crippen molar-refractivity contribution in [2.45, 2.75) is 38.5 Å². The first-order valence-corrected chi connectivity index (χ1v) is 7.18. The van der Waals surface area contributed by atoms with Crippen LogP contribution in [0.3, 0.4) is 0 Å². The molecular formula is C10H19NO3S. The van der Waals surface area contributed by atoms with Crippen molar-refractivity contribution in [3.8, 4) is 0 Å². The Bertz CT molecular complexity index is 363. The van der Waals surface area contributed by atoms with Gasteiger partial charge in [-0.25, -0.2) is 8.42 Å². The van der Waals surface area contributed by atoms with Crippen LogP contribution in [0.25, 0.3) is 0 Å². The largest absolute Gasteiger partial charge is 0.359 e. The number of hydrogen-bond acceptors (Lipinski definition) is 4. The van der Waals surface area contributed by atoms with Crippen LogP contribution in [0, 0.1) is 5.92 Å². The molecule has 88 valence electrons. The summed E-state index contributed by atoms with van der Waals surface area (Å²) in [6, 6.07) is 0. The molecular weight excluding hydrogens is 214 g/mol. The first kappa shape index (κ1) is 11.4. The van der Waals surface area contributed by atoms with Crippen LogP contribution in [0.2, 0.25) is 0 Å². The molecule has 0 radical (unpaired) electrons. The zero-order valence-electron chi connectivity index (χ0n) is 9.54. The molecule has 2 fully saturated rings. The van der Waals surface area contributed by atoms with E-state index in [-0.39, 0.29) is 17.2 Å². The summed E-state index contributed by atoms with van der Waals surface area (Å²) in [5, 5.41) is 3.40. The Kier molecular flexibility index (Phi) is 2.41. The van der Waals surface area contributed by atoms with Gasteiger partial charge in [0.2, 0.25) is 0 Å². The van der Waals surface area contributed by atoms with E-state index in [0.29, 0.717) is 18.8 Å². The lowest BCUT2D eigenvalue weighted by Gasteiger charge is -2.31. The van der Waals surface area contributed by atoms with E-state index in [1.54, 1.807) is 0 Å². The Hall–Kier alpha value is -0.130. The third-order valence-electron chi connectivity index (χ3n) is 3.33. The number of hydrogen-bond donors (Lipinski definition) is 1. The van der Waals surface area contributed by atoms with Crippen molar-refractivity contribution in [3.63, 3.8) is 0 Å². The molecule has 0 aromatic carbocycles. The lowest BCUT2D eigenvalue weighted by Crippen LogP contribution is -2.51. The number of nitrogens with one attached hydrogen (secondary N) is 1. The molecule has 0 spiro atoms. The minimum atomic E-state index is -2.83. The van der Waals surface area contributed by atoms with E-state index in [4.69, 9.17) is 4.74 Å². The average Bonchev–Trinajstić information content (AvgIpc) is 2.54. The summed E-state index contributed by atoms with van der Waals surface area (Å²) in [5.41, 5.74) is -0.520. The summed E-state index contributed by atoms with van der Waals surface area (Å²) in [4.78, 5) is 0. The third kappa shape index (κ3) is 2.19. The van der Waals surface area contributed by atoms with Crippen LogP contribution in [0.5, 0.6) is 0 Å². The predicted molar refractivity (Wildman–Crippen MR) is 58.3 cm³/mol. The fraction of sp³-hybridized carbons (Fsp3) is 1.00. The topological polar surface area (TPSA) is 55.4 Å². The summed E-state index contributed by atoms with van der Waals surface area (Å²) in [5.74, 6) is 0.648. The van der Waals surface area contributed by atoms with Crippen molar-refractivity contribution in [2.24, 2.45) is 5.92 Å². The molecule has 2 aliphatic rings. The highest BCUT2D eigenvalue weighted by atomic mass is 32.2. The van der Waals surface area contributed by atoms with E-state index in [1.807, 2.05) is 6.92 Å². The molecule has 0 bridgehead atoms. The highest BCUT2D eigenvalue weighted by Gasteiger charge is 2.49. The molecule has 2 unspecified atom stereocenters. The SMILES string of the molecule is CC1(C)COC(C)(C2CCS(=O)(=O)C2)N1. The summed E-state index contributed by atoms with van der Waals surface area (Å²) in [6.07, 6.45) is 0.710. The predicted octanol–water partition coefficient (Wildman–Crippen LogP) is 0.536. The van der Waals surface area contributed by atoms with E-state index in [1.165, 1.54) is 0 Å². The van der Waals surface area contributed by atoms with Crippen molar-refractivity contribution in [3.05, 3.63) is 0 Å². The Labute approximate surface area is 91.3 Å². The van der Waals surface area contributed by atoms with Crippen molar-refractivity contribution < 1.29 is 13.2 Å². The number of ether oxygens (including phenoxy) is 1. The molecule has 2 saturated heterocycles. The molecule has 2 atom stereocenters. The van der Waals surface area contributed by atoms with Crippen LogP contribution < -0.4 is 5.32 Å². The second kappa shape index (κ2) is 3.18. The van der Waals surface area contributed by atoms with Gasteiger partial charge in [-0.3, -0.25) is 5.32 Å². The molecule has 4 nitrogen and oxygen atoms in total. The quantitative estimate of drug-likeness (QED) is 0.718. The molecule has 0 amide bonds. The lowest BCUT2D eigenvalue weighted by atomic mass is 9.95. The van der Waals surface area contributed by atoms with Crippen molar-refractivity contribution in [2.75, 3.05) is 18.1 Å². The standard InChI is InChI=1S/C10H19NO3S/c1-9(2)7-14-10(3,11-9)8-4-5-15(12,13)6-8/h8,11H,4-7H2,1-3H3. The van der Waals surface area contributed by atoms with Gasteiger partial charge in [-0.2, -0.15) is 0 Å². The van der Waals surface area contributed by atoms with Crippen LogP contribution in [-0.4, -0.2) is 37.8 Å². The molecule has 15 heavy (non-hydrogen) atoms. The Morgan fingerprint density at radius 1 is 1.33 bits per heavy atom. The molecule has 5 heteroatoms. The Morgan fingerprint density at radius 3 is 2.40 bits per heavy atom. The van der Waals surface area contributed by atoms with E-state index in [0.717, 1.165) is 0 Å². The lowest BCUT2D eigenvalue weighted by molar-refractivity contribution is -0.0347. The van der Waals surface area contributed by atoms with Gasteiger partial charge in [-0.1, -0.05) is 0 Å². The van der Waals surface area contributed by atoms with Crippen LogP contribution >= 0.6 is 0 Å². The monoisotopic (exact) mass is 233 g/mol. The first-order chi connectivity index (χ1) is 6.73. The van der Waals surface area contributed by atoms with Gasteiger partial charge in [0, 0.05) is 11.5 Å². The summed E-state index contributed by atoms with van der Waals surface area (Å²) in [7, 11) is -2.83. The van der Waals surface area contributed by atoms with E-state index >= 15 is 0 Å². The van der Waals surface area contributed by atoms with E-state index in [2.05, 4.69) is 19.2 Å². The average molecular weight is 233 g/mol. The minimum absolute atomic E-state index is 0.0545. The van der Waals surface area contributed by atoms with Crippen molar-refractivity contribution in [1.82, 2.24) is 5.32 Å².